The van der Waals surface area contributed by atoms with E-state index in [-0.39, 0.29) is 10.5 Å². The van der Waals surface area contributed by atoms with E-state index < -0.39 is 22.0 Å². The van der Waals surface area contributed by atoms with Crippen LogP contribution in [0, 0.1) is 6.92 Å². The van der Waals surface area contributed by atoms with Gasteiger partial charge in [-0.05, 0) is 24.6 Å². The van der Waals surface area contributed by atoms with Gasteiger partial charge >= 0.3 is 0 Å². The van der Waals surface area contributed by atoms with E-state index in [1.54, 1.807) is 30.3 Å². The molecule has 0 fully saturated rings. The number of hydrogen-bond donors (Lipinski definition) is 1. The lowest BCUT2D eigenvalue weighted by Gasteiger charge is -2.25. The van der Waals surface area contributed by atoms with Crippen LogP contribution in [0.25, 0.3) is 0 Å². The van der Waals surface area contributed by atoms with E-state index in [4.69, 9.17) is 0 Å². The second kappa shape index (κ2) is 6.14. The Bertz CT molecular complexity index is 723. The first-order valence-electron chi connectivity index (χ1n) is 6.72. The standard InChI is InChI=1S/C16H17F2NO2S/c1-12-8-10-14(11-9-12)22(20,21)19-15(16(2,17)18)13-6-4-3-5-7-13/h3-11,15,19H,1-2H3. The smallest absolute Gasteiger partial charge is 0.207 e. The molecule has 3 nitrogen and oxygen atoms in total. The van der Waals surface area contributed by atoms with Gasteiger partial charge in [-0.3, -0.25) is 0 Å². The summed E-state index contributed by atoms with van der Waals surface area (Å²) >= 11 is 0. The van der Waals surface area contributed by atoms with E-state index in [0.29, 0.717) is 6.92 Å². The molecule has 0 aliphatic rings. The molecule has 0 amide bonds. The average Bonchev–Trinajstić information content (AvgIpc) is 2.45. The van der Waals surface area contributed by atoms with E-state index in [1.165, 1.54) is 24.3 Å². The van der Waals surface area contributed by atoms with Crippen molar-refractivity contribution < 1.29 is 17.2 Å². The predicted octanol–water partition coefficient (Wildman–Crippen LogP) is 3.67. The molecule has 2 rings (SSSR count). The maximum atomic E-state index is 13.9. The van der Waals surface area contributed by atoms with Crippen LogP contribution < -0.4 is 4.72 Å². The molecule has 0 heterocycles. The minimum absolute atomic E-state index is 0.0386. The Morgan fingerprint density at radius 2 is 1.55 bits per heavy atom. The van der Waals surface area contributed by atoms with Crippen LogP contribution in [0.4, 0.5) is 8.78 Å². The van der Waals surface area contributed by atoms with Crippen molar-refractivity contribution in [2.75, 3.05) is 0 Å². The molecule has 22 heavy (non-hydrogen) atoms. The molecule has 2 aromatic rings. The second-order valence-electron chi connectivity index (χ2n) is 5.23. The molecule has 0 radical (unpaired) electrons. The number of benzene rings is 2. The summed E-state index contributed by atoms with van der Waals surface area (Å²) < 4.78 is 54.5. The summed E-state index contributed by atoms with van der Waals surface area (Å²) in [7, 11) is -4.04. The highest BCUT2D eigenvalue weighted by molar-refractivity contribution is 7.89. The van der Waals surface area contributed by atoms with Crippen molar-refractivity contribution in [3.63, 3.8) is 0 Å². The summed E-state index contributed by atoms with van der Waals surface area (Å²) in [5, 5.41) is 0. The van der Waals surface area contributed by atoms with E-state index in [9.17, 15) is 17.2 Å². The van der Waals surface area contributed by atoms with Gasteiger partial charge in [-0.2, -0.15) is 4.72 Å². The van der Waals surface area contributed by atoms with Crippen LogP contribution in [0.1, 0.15) is 24.1 Å². The van der Waals surface area contributed by atoms with Gasteiger partial charge in [0, 0.05) is 6.92 Å². The predicted molar refractivity (Wildman–Crippen MR) is 81.3 cm³/mol. The van der Waals surface area contributed by atoms with Crippen LogP contribution in [0.15, 0.2) is 59.5 Å². The fourth-order valence-corrected chi connectivity index (χ4v) is 3.33. The first kappa shape index (κ1) is 16.6. The summed E-state index contributed by atoms with van der Waals surface area (Å²) in [6, 6.07) is 12.2. The minimum Gasteiger partial charge on any atom is -0.207 e. The van der Waals surface area contributed by atoms with E-state index >= 15 is 0 Å². The molecule has 0 aromatic heterocycles. The fraction of sp³-hybridized carbons (Fsp3) is 0.250. The number of halogens is 2. The SMILES string of the molecule is Cc1ccc(S(=O)(=O)NC(c2ccccc2)C(C)(F)F)cc1. The number of rotatable bonds is 5. The molecular formula is C16H17F2NO2S. The number of aryl methyl sites for hydroxylation is 1. The Hall–Kier alpha value is -1.79. The quantitative estimate of drug-likeness (QED) is 0.912. The summed E-state index contributed by atoms with van der Waals surface area (Å²) in [4.78, 5) is -0.0386. The van der Waals surface area contributed by atoms with Crippen molar-refractivity contribution in [2.45, 2.75) is 30.7 Å². The van der Waals surface area contributed by atoms with Gasteiger partial charge in [-0.1, -0.05) is 48.0 Å². The summed E-state index contributed by atoms with van der Waals surface area (Å²) in [5.74, 6) is -3.24. The maximum Gasteiger partial charge on any atom is 0.265 e. The Morgan fingerprint density at radius 3 is 2.05 bits per heavy atom. The molecule has 2 aromatic carbocycles. The fourth-order valence-electron chi connectivity index (χ4n) is 2.05. The maximum absolute atomic E-state index is 13.9. The van der Waals surface area contributed by atoms with Crippen molar-refractivity contribution in [3.8, 4) is 0 Å². The van der Waals surface area contributed by atoms with Gasteiger partial charge in [-0.25, -0.2) is 17.2 Å². The van der Waals surface area contributed by atoms with Gasteiger partial charge in [0.25, 0.3) is 5.92 Å². The first-order chi connectivity index (χ1) is 10.2. The normalized spacial score (nSPS) is 13.8. The highest BCUT2D eigenvalue weighted by Crippen LogP contribution is 2.32. The zero-order valence-electron chi connectivity index (χ0n) is 12.3. The Morgan fingerprint density at radius 1 is 1.00 bits per heavy atom. The van der Waals surface area contributed by atoms with Gasteiger partial charge in [0.05, 0.1) is 4.90 Å². The van der Waals surface area contributed by atoms with Crippen LogP contribution in [0.3, 0.4) is 0 Å². The molecule has 118 valence electrons. The van der Waals surface area contributed by atoms with Gasteiger partial charge in [-0.15, -0.1) is 0 Å². The summed E-state index contributed by atoms with van der Waals surface area (Å²) in [6.45, 7) is 2.51. The molecule has 1 N–H and O–H groups in total. The lowest BCUT2D eigenvalue weighted by molar-refractivity contribution is -0.0119. The topological polar surface area (TPSA) is 46.2 Å². The first-order valence-corrected chi connectivity index (χ1v) is 8.20. The average molecular weight is 325 g/mol. The molecule has 0 aliphatic carbocycles. The van der Waals surface area contributed by atoms with E-state index in [2.05, 4.69) is 4.72 Å². The number of sulfonamides is 1. The van der Waals surface area contributed by atoms with Gasteiger partial charge in [0.15, 0.2) is 0 Å². The van der Waals surface area contributed by atoms with Gasteiger partial charge < -0.3 is 0 Å². The van der Waals surface area contributed by atoms with Crippen molar-refractivity contribution in [1.29, 1.82) is 0 Å². The third-order valence-electron chi connectivity index (χ3n) is 3.24. The molecule has 0 bridgehead atoms. The summed E-state index contributed by atoms with van der Waals surface area (Å²) in [5.41, 5.74) is 1.10. The third-order valence-corrected chi connectivity index (χ3v) is 4.68. The van der Waals surface area contributed by atoms with E-state index in [0.717, 1.165) is 5.56 Å². The zero-order valence-corrected chi connectivity index (χ0v) is 13.1. The van der Waals surface area contributed by atoms with Gasteiger partial charge in [0.1, 0.15) is 6.04 Å². The van der Waals surface area contributed by atoms with E-state index in [1.807, 2.05) is 6.92 Å². The molecular weight excluding hydrogens is 308 g/mol. The van der Waals surface area contributed by atoms with Crippen molar-refractivity contribution in [3.05, 3.63) is 65.7 Å². The van der Waals surface area contributed by atoms with Crippen LogP contribution in [0.2, 0.25) is 0 Å². The molecule has 1 unspecified atom stereocenters. The lowest BCUT2D eigenvalue weighted by Crippen LogP contribution is -2.38. The molecule has 1 atom stereocenters. The molecule has 6 heteroatoms. The Kier molecular flexibility index (Phi) is 4.63. The highest BCUT2D eigenvalue weighted by Gasteiger charge is 2.38. The van der Waals surface area contributed by atoms with Crippen molar-refractivity contribution >= 4 is 10.0 Å². The summed E-state index contributed by atoms with van der Waals surface area (Å²) in [6.07, 6.45) is 0. The zero-order chi connectivity index (χ0) is 16.4. The van der Waals surface area contributed by atoms with Gasteiger partial charge in [0.2, 0.25) is 10.0 Å². The third kappa shape index (κ3) is 3.90. The Labute approximate surface area is 129 Å². The largest absolute Gasteiger partial charge is 0.265 e. The van der Waals surface area contributed by atoms with Crippen LogP contribution in [-0.2, 0) is 10.0 Å². The molecule has 0 spiro atoms. The van der Waals surface area contributed by atoms with Crippen molar-refractivity contribution in [2.24, 2.45) is 0 Å². The lowest BCUT2D eigenvalue weighted by atomic mass is 10.0. The molecule has 0 saturated carbocycles. The van der Waals surface area contributed by atoms with Crippen LogP contribution >= 0.6 is 0 Å². The number of nitrogens with one attached hydrogen (secondary N) is 1. The van der Waals surface area contributed by atoms with Crippen molar-refractivity contribution in [1.82, 2.24) is 4.72 Å². The molecule has 0 saturated heterocycles. The molecule has 0 aliphatic heterocycles. The monoisotopic (exact) mass is 325 g/mol. The highest BCUT2D eigenvalue weighted by atomic mass is 32.2. The second-order valence-corrected chi connectivity index (χ2v) is 6.95. The number of alkyl halides is 2. The van der Waals surface area contributed by atoms with Crippen LogP contribution in [-0.4, -0.2) is 14.3 Å². The van der Waals surface area contributed by atoms with Crippen LogP contribution in [0.5, 0.6) is 0 Å². The Balaban J connectivity index is 2.37. The minimum atomic E-state index is -4.04. The number of hydrogen-bond acceptors (Lipinski definition) is 2.